The Labute approximate surface area is 156 Å². The number of amides is 1. The summed E-state index contributed by atoms with van der Waals surface area (Å²) in [6.07, 6.45) is 0. The van der Waals surface area contributed by atoms with Crippen LogP contribution in [0.4, 0.5) is 15.8 Å². The molecule has 11 heteroatoms. The van der Waals surface area contributed by atoms with Crippen LogP contribution in [0.15, 0.2) is 53.7 Å². The first-order chi connectivity index (χ1) is 13.0. The normalized spacial score (nSPS) is 10.6. The van der Waals surface area contributed by atoms with Crippen molar-refractivity contribution in [2.75, 3.05) is 16.9 Å². The largest absolute Gasteiger partial charge is 0.335 e. The number of nitro groups is 1. The molecule has 0 aliphatic heterocycles. The first-order valence-electron chi connectivity index (χ1n) is 7.59. The topological polar surface area (TPSA) is 129 Å². The van der Waals surface area contributed by atoms with Crippen LogP contribution < -0.4 is 11.2 Å². The van der Waals surface area contributed by atoms with Crippen molar-refractivity contribution in [3.8, 4) is 11.4 Å². The fourth-order valence-electron chi connectivity index (χ4n) is 2.26. The molecule has 2 aromatic carbocycles. The van der Waals surface area contributed by atoms with E-state index in [0.29, 0.717) is 0 Å². The van der Waals surface area contributed by atoms with Gasteiger partial charge in [-0.15, -0.1) is 10.2 Å². The minimum Gasteiger partial charge on any atom is -0.335 e. The molecule has 1 aromatic heterocycles. The molecule has 27 heavy (non-hydrogen) atoms. The van der Waals surface area contributed by atoms with E-state index >= 15 is 0 Å². The van der Waals surface area contributed by atoms with Gasteiger partial charge in [0.25, 0.3) is 5.69 Å². The summed E-state index contributed by atoms with van der Waals surface area (Å²) in [6.45, 7) is 0. The smallest absolute Gasteiger partial charge is 0.292 e. The lowest BCUT2D eigenvalue weighted by Gasteiger charge is -2.06. The molecule has 0 aliphatic carbocycles. The van der Waals surface area contributed by atoms with Crippen molar-refractivity contribution in [2.24, 2.45) is 0 Å². The number of nitrogen functional groups attached to an aromatic ring is 1. The molecule has 0 atom stereocenters. The van der Waals surface area contributed by atoms with E-state index in [9.17, 15) is 19.3 Å². The van der Waals surface area contributed by atoms with Crippen LogP contribution in [0.1, 0.15) is 0 Å². The van der Waals surface area contributed by atoms with Gasteiger partial charge in [-0.25, -0.2) is 9.07 Å². The van der Waals surface area contributed by atoms with Crippen LogP contribution in [0.25, 0.3) is 11.4 Å². The van der Waals surface area contributed by atoms with Crippen molar-refractivity contribution in [3.05, 3.63) is 64.5 Å². The molecule has 0 unspecified atom stereocenters. The highest BCUT2D eigenvalue weighted by molar-refractivity contribution is 7.99. The van der Waals surface area contributed by atoms with Crippen LogP contribution in [0, 0.1) is 15.9 Å². The number of aromatic nitrogens is 3. The Bertz CT molecular complexity index is 1010. The molecule has 0 aliphatic rings. The summed E-state index contributed by atoms with van der Waals surface area (Å²) in [5.41, 5.74) is 0.0674. The molecule has 0 saturated heterocycles. The second kappa shape index (κ2) is 7.83. The summed E-state index contributed by atoms with van der Waals surface area (Å²) in [6, 6.07) is 11.8. The van der Waals surface area contributed by atoms with Gasteiger partial charge in [0.15, 0.2) is 5.82 Å². The highest BCUT2D eigenvalue weighted by Crippen LogP contribution is 2.25. The van der Waals surface area contributed by atoms with Gasteiger partial charge in [-0.05, 0) is 18.2 Å². The zero-order valence-corrected chi connectivity index (χ0v) is 14.5. The van der Waals surface area contributed by atoms with Crippen LogP contribution in [-0.2, 0) is 4.79 Å². The van der Waals surface area contributed by atoms with Gasteiger partial charge >= 0.3 is 0 Å². The number of para-hydroxylation sites is 2. The standard InChI is InChI=1S/C16H13FN6O3S/c17-11-6-2-1-5-10(11)15-20-21-16(22(15)18)27-9-14(24)19-12-7-3-4-8-13(12)23(25)26/h1-8H,9,18H2,(H,19,24). The second-order valence-electron chi connectivity index (χ2n) is 5.27. The zero-order chi connectivity index (χ0) is 19.4. The fraction of sp³-hybridized carbons (Fsp3) is 0.0625. The maximum atomic E-state index is 13.9. The Kier molecular flexibility index (Phi) is 5.31. The number of hydrogen-bond donors (Lipinski definition) is 2. The molecule has 3 N–H and O–H groups in total. The molecule has 0 fully saturated rings. The number of rotatable bonds is 6. The summed E-state index contributed by atoms with van der Waals surface area (Å²) in [4.78, 5) is 22.5. The maximum absolute atomic E-state index is 13.9. The number of nitrogens with zero attached hydrogens (tertiary/aromatic N) is 4. The predicted octanol–water partition coefficient (Wildman–Crippen LogP) is 2.44. The lowest BCUT2D eigenvalue weighted by Crippen LogP contribution is -2.17. The fourth-order valence-corrected chi connectivity index (χ4v) is 2.91. The van der Waals surface area contributed by atoms with Gasteiger partial charge in [-0.1, -0.05) is 36.0 Å². The Morgan fingerprint density at radius 3 is 2.67 bits per heavy atom. The third kappa shape index (κ3) is 4.03. The lowest BCUT2D eigenvalue weighted by atomic mass is 10.2. The number of carbonyl (C=O) groups excluding carboxylic acids is 1. The van der Waals surface area contributed by atoms with E-state index in [1.54, 1.807) is 18.2 Å². The number of thioether (sulfide) groups is 1. The molecule has 0 bridgehead atoms. The average molecular weight is 388 g/mol. The minimum absolute atomic E-state index is 0.0920. The number of nitrogens with two attached hydrogens (primary N) is 1. The third-order valence-electron chi connectivity index (χ3n) is 3.49. The van der Waals surface area contributed by atoms with Crippen molar-refractivity contribution in [2.45, 2.75) is 5.16 Å². The van der Waals surface area contributed by atoms with Gasteiger partial charge in [-0.3, -0.25) is 14.9 Å². The Hall–Kier alpha value is -3.47. The molecular formula is C16H13FN6O3S. The van der Waals surface area contributed by atoms with Crippen LogP contribution in [0.5, 0.6) is 0 Å². The number of anilines is 1. The summed E-state index contributed by atoms with van der Waals surface area (Å²) >= 11 is 0.970. The molecule has 1 amide bonds. The molecule has 0 spiro atoms. The molecule has 3 rings (SSSR count). The van der Waals surface area contributed by atoms with Crippen molar-refractivity contribution < 1.29 is 14.1 Å². The number of hydrogen-bond acceptors (Lipinski definition) is 7. The molecule has 0 saturated carbocycles. The van der Waals surface area contributed by atoms with Crippen molar-refractivity contribution in [3.63, 3.8) is 0 Å². The number of nitro benzene ring substituents is 1. The second-order valence-corrected chi connectivity index (χ2v) is 6.21. The third-order valence-corrected chi connectivity index (χ3v) is 4.43. The highest BCUT2D eigenvalue weighted by Gasteiger charge is 2.18. The van der Waals surface area contributed by atoms with Crippen molar-refractivity contribution in [1.29, 1.82) is 0 Å². The lowest BCUT2D eigenvalue weighted by molar-refractivity contribution is -0.383. The van der Waals surface area contributed by atoms with Gasteiger partial charge in [0, 0.05) is 6.07 Å². The molecule has 9 nitrogen and oxygen atoms in total. The van der Waals surface area contributed by atoms with Crippen LogP contribution in [-0.4, -0.2) is 31.5 Å². The maximum Gasteiger partial charge on any atom is 0.292 e. The average Bonchev–Trinajstić information content (AvgIpc) is 3.01. The molecule has 0 radical (unpaired) electrons. The number of benzene rings is 2. The Morgan fingerprint density at radius 2 is 1.93 bits per heavy atom. The minimum atomic E-state index is -0.583. The number of halogens is 1. The van der Waals surface area contributed by atoms with Crippen molar-refractivity contribution in [1.82, 2.24) is 14.9 Å². The monoisotopic (exact) mass is 388 g/mol. The van der Waals surface area contributed by atoms with Crippen molar-refractivity contribution >= 4 is 29.0 Å². The molecule has 1 heterocycles. The van der Waals surface area contributed by atoms with Gasteiger partial charge in [0.2, 0.25) is 11.1 Å². The van der Waals surface area contributed by atoms with E-state index in [0.717, 1.165) is 16.4 Å². The van der Waals surface area contributed by atoms with E-state index in [1.807, 2.05) is 0 Å². The predicted molar refractivity (Wildman–Crippen MR) is 98.0 cm³/mol. The molecular weight excluding hydrogens is 375 g/mol. The molecule has 3 aromatic rings. The van der Waals surface area contributed by atoms with Gasteiger partial charge < -0.3 is 11.2 Å². The zero-order valence-electron chi connectivity index (χ0n) is 13.7. The van der Waals surface area contributed by atoms with E-state index < -0.39 is 16.6 Å². The number of carbonyl (C=O) groups is 1. The van der Waals surface area contributed by atoms with Gasteiger partial charge in [0.05, 0.1) is 16.2 Å². The van der Waals surface area contributed by atoms with Gasteiger partial charge in [0.1, 0.15) is 11.5 Å². The van der Waals surface area contributed by atoms with Crippen LogP contribution in [0.2, 0.25) is 0 Å². The molecule has 138 valence electrons. The first kappa shape index (κ1) is 18.3. The number of nitrogens with one attached hydrogen (secondary N) is 1. The quantitative estimate of drug-likeness (QED) is 0.287. The Morgan fingerprint density at radius 1 is 1.22 bits per heavy atom. The summed E-state index contributed by atoms with van der Waals surface area (Å²) in [5, 5.41) is 21.3. The van der Waals surface area contributed by atoms with Gasteiger partial charge in [-0.2, -0.15) is 0 Å². The van der Waals surface area contributed by atoms with E-state index in [4.69, 9.17) is 5.84 Å². The van der Waals surface area contributed by atoms with Crippen LogP contribution >= 0.6 is 11.8 Å². The first-order valence-corrected chi connectivity index (χ1v) is 8.57. The summed E-state index contributed by atoms with van der Waals surface area (Å²) < 4.78 is 14.9. The Balaban J connectivity index is 1.69. The highest BCUT2D eigenvalue weighted by atomic mass is 32.2. The summed E-state index contributed by atoms with van der Waals surface area (Å²) in [7, 11) is 0. The summed E-state index contributed by atoms with van der Waals surface area (Å²) in [5.74, 6) is 4.92. The SMILES string of the molecule is Nn1c(SCC(=O)Nc2ccccc2[N+](=O)[O-])nnc1-c1ccccc1F. The van der Waals surface area contributed by atoms with Crippen LogP contribution in [0.3, 0.4) is 0 Å². The van der Waals surface area contributed by atoms with E-state index in [-0.39, 0.29) is 33.7 Å². The van der Waals surface area contributed by atoms with E-state index in [1.165, 1.54) is 30.3 Å². The van der Waals surface area contributed by atoms with E-state index in [2.05, 4.69) is 15.5 Å².